The van der Waals surface area contributed by atoms with Gasteiger partial charge in [0, 0.05) is 15.8 Å². The second kappa shape index (κ2) is 6.77. The van der Waals surface area contributed by atoms with E-state index >= 15 is 0 Å². The second-order valence-electron chi connectivity index (χ2n) is 4.53. The number of methoxy groups -OCH3 is 2. The molecule has 1 aromatic heterocycles. The van der Waals surface area contributed by atoms with Crippen molar-refractivity contribution in [2.45, 2.75) is 19.4 Å². The van der Waals surface area contributed by atoms with Gasteiger partial charge in [-0.15, -0.1) is 11.3 Å². The Labute approximate surface area is 124 Å². The minimum Gasteiger partial charge on any atom is -0.497 e. The van der Waals surface area contributed by atoms with Crippen LogP contribution in [0.1, 0.15) is 28.3 Å². The van der Waals surface area contributed by atoms with E-state index in [0.29, 0.717) is 0 Å². The number of aryl methyl sites for hydroxylation is 1. The first-order valence-corrected chi connectivity index (χ1v) is 7.52. The van der Waals surface area contributed by atoms with Crippen LogP contribution in [0.4, 0.5) is 0 Å². The number of benzene rings is 1. The molecule has 0 saturated carbocycles. The molecule has 0 aliphatic heterocycles. The molecule has 0 spiro atoms. The normalized spacial score (nSPS) is 12.2. The van der Waals surface area contributed by atoms with Crippen LogP contribution in [0.25, 0.3) is 0 Å². The maximum Gasteiger partial charge on any atom is 0.122 e. The van der Waals surface area contributed by atoms with E-state index in [-0.39, 0.29) is 6.04 Å². The lowest BCUT2D eigenvalue weighted by Gasteiger charge is -2.17. The largest absolute Gasteiger partial charge is 0.497 e. The summed E-state index contributed by atoms with van der Waals surface area (Å²) >= 11 is 1.84. The minimum absolute atomic E-state index is 0.157. The highest BCUT2D eigenvalue weighted by Gasteiger charge is 2.16. The van der Waals surface area contributed by atoms with Gasteiger partial charge in [0.05, 0.1) is 20.3 Å². The highest BCUT2D eigenvalue weighted by atomic mass is 32.1. The van der Waals surface area contributed by atoms with Crippen LogP contribution >= 0.6 is 11.3 Å². The van der Waals surface area contributed by atoms with Crippen LogP contribution in [0.5, 0.6) is 11.5 Å². The summed E-state index contributed by atoms with van der Waals surface area (Å²) < 4.78 is 10.7. The molecular formula is C16H21NO2S. The lowest BCUT2D eigenvalue weighted by atomic mass is 10.0. The molecule has 0 aliphatic rings. The lowest BCUT2D eigenvalue weighted by molar-refractivity contribution is 0.392. The summed E-state index contributed by atoms with van der Waals surface area (Å²) in [6.45, 7) is 2.18. The maximum atomic E-state index is 5.35. The molecule has 1 unspecified atom stereocenters. The number of hydrogen-bond acceptors (Lipinski definition) is 4. The fourth-order valence-electron chi connectivity index (χ4n) is 2.21. The van der Waals surface area contributed by atoms with E-state index in [1.807, 2.05) is 24.5 Å². The first kappa shape index (κ1) is 14.9. The minimum atomic E-state index is 0.157. The van der Waals surface area contributed by atoms with Crippen LogP contribution < -0.4 is 14.8 Å². The molecule has 1 atom stereocenters. The van der Waals surface area contributed by atoms with Gasteiger partial charge in [-0.1, -0.05) is 6.92 Å². The monoisotopic (exact) mass is 291 g/mol. The molecule has 20 heavy (non-hydrogen) atoms. The molecule has 0 radical (unpaired) electrons. The Balaban J connectivity index is 2.40. The van der Waals surface area contributed by atoms with Crippen molar-refractivity contribution in [2.24, 2.45) is 0 Å². The molecule has 0 fully saturated rings. The van der Waals surface area contributed by atoms with Gasteiger partial charge in [-0.2, -0.15) is 0 Å². The van der Waals surface area contributed by atoms with Crippen molar-refractivity contribution in [1.82, 2.24) is 5.32 Å². The molecule has 1 N–H and O–H groups in total. The molecule has 1 heterocycles. The first-order chi connectivity index (χ1) is 9.71. The van der Waals surface area contributed by atoms with Crippen molar-refractivity contribution in [2.75, 3.05) is 21.3 Å². The van der Waals surface area contributed by atoms with E-state index < -0.39 is 0 Å². The Kier molecular flexibility index (Phi) is 5.04. The van der Waals surface area contributed by atoms with Gasteiger partial charge in [0.2, 0.25) is 0 Å². The Morgan fingerprint density at radius 3 is 2.20 bits per heavy atom. The van der Waals surface area contributed by atoms with Crippen LogP contribution in [0.15, 0.2) is 30.3 Å². The summed E-state index contributed by atoms with van der Waals surface area (Å²) in [5, 5.41) is 3.37. The topological polar surface area (TPSA) is 30.5 Å². The van der Waals surface area contributed by atoms with Gasteiger partial charge in [-0.05, 0) is 43.3 Å². The molecular weight excluding hydrogens is 270 g/mol. The van der Waals surface area contributed by atoms with Gasteiger partial charge in [0.15, 0.2) is 0 Å². The molecule has 1 aromatic carbocycles. The third-order valence-electron chi connectivity index (χ3n) is 3.31. The van der Waals surface area contributed by atoms with Crippen molar-refractivity contribution in [3.63, 3.8) is 0 Å². The second-order valence-corrected chi connectivity index (χ2v) is 5.73. The van der Waals surface area contributed by atoms with Gasteiger partial charge in [-0.25, -0.2) is 0 Å². The van der Waals surface area contributed by atoms with Gasteiger partial charge in [0.25, 0.3) is 0 Å². The van der Waals surface area contributed by atoms with Gasteiger partial charge < -0.3 is 14.8 Å². The molecule has 0 aliphatic carbocycles. The Hall–Kier alpha value is -1.52. The molecule has 4 heteroatoms. The molecule has 3 nitrogen and oxygen atoms in total. The van der Waals surface area contributed by atoms with Crippen molar-refractivity contribution in [3.8, 4) is 11.5 Å². The average molecular weight is 291 g/mol. The Morgan fingerprint density at radius 2 is 1.75 bits per heavy atom. The standard InChI is InChI=1S/C16H21NO2S/c1-5-14-6-7-15(20-14)16(17-2)11-8-12(18-3)10-13(9-11)19-4/h6-10,16-17H,5H2,1-4H3. The van der Waals surface area contributed by atoms with Gasteiger partial charge in [0.1, 0.15) is 11.5 Å². The summed E-state index contributed by atoms with van der Waals surface area (Å²) in [5.74, 6) is 1.62. The van der Waals surface area contributed by atoms with Gasteiger partial charge in [-0.3, -0.25) is 0 Å². The van der Waals surface area contributed by atoms with Crippen molar-refractivity contribution < 1.29 is 9.47 Å². The van der Waals surface area contributed by atoms with E-state index in [9.17, 15) is 0 Å². The van der Waals surface area contributed by atoms with Crippen LogP contribution in [0, 0.1) is 0 Å². The number of hydrogen-bond donors (Lipinski definition) is 1. The number of ether oxygens (including phenoxy) is 2. The number of thiophene rings is 1. The fourth-order valence-corrected chi connectivity index (χ4v) is 3.30. The maximum absolute atomic E-state index is 5.35. The van der Waals surface area contributed by atoms with Crippen LogP contribution in [0.3, 0.4) is 0 Å². The zero-order valence-corrected chi connectivity index (χ0v) is 13.2. The van der Waals surface area contributed by atoms with Crippen molar-refractivity contribution in [1.29, 1.82) is 0 Å². The average Bonchev–Trinajstić information content (AvgIpc) is 2.96. The predicted molar refractivity (Wildman–Crippen MR) is 84.1 cm³/mol. The molecule has 0 amide bonds. The Bertz CT molecular complexity index is 543. The number of nitrogens with one attached hydrogen (secondary N) is 1. The van der Waals surface area contributed by atoms with E-state index in [4.69, 9.17) is 9.47 Å². The van der Waals surface area contributed by atoms with Crippen LogP contribution in [0.2, 0.25) is 0 Å². The third kappa shape index (κ3) is 3.14. The van der Waals surface area contributed by atoms with Crippen molar-refractivity contribution in [3.05, 3.63) is 45.6 Å². The zero-order valence-electron chi connectivity index (χ0n) is 12.4. The lowest BCUT2D eigenvalue weighted by Crippen LogP contribution is -2.16. The number of rotatable bonds is 6. The van der Waals surface area contributed by atoms with Crippen LogP contribution in [-0.2, 0) is 6.42 Å². The van der Waals surface area contributed by atoms with E-state index in [2.05, 4.69) is 36.5 Å². The zero-order chi connectivity index (χ0) is 14.5. The molecule has 0 saturated heterocycles. The summed E-state index contributed by atoms with van der Waals surface area (Å²) in [4.78, 5) is 2.70. The third-order valence-corrected chi connectivity index (χ3v) is 4.61. The van der Waals surface area contributed by atoms with Gasteiger partial charge >= 0.3 is 0 Å². The summed E-state index contributed by atoms with van der Waals surface area (Å²) in [6, 6.07) is 10.5. The molecule has 2 aromatic rings. The van der Waals surface area contributed by atoms with E-state index in [1.165, 1.54) is 9.75 Å². The van der Waals surface area contributed by atoms with E-state index in [1.54, 1.807) is 14.2 Å². The predicted octanol–water partition coefficient (Wildman–Crippen LogP) is 3.64. The highest BCUT2D eigenvalue weighted by Crippen LogP contribution is 2.33. The molecule has 108 valence electrons. The summed E-state index contributed by atoms with van der Waals surface area (Å²) in [5.41, 5.74) is 1.15. The summed E-state index contributed by atoms with van der Waals surface area (Å²) in [6.07, 6.45) is 1.07. The fraction of sp³-hybridized carbons (Fsp3) is 0.375. The SMILES string of the molecule is CCc1ccc(C(NC)c2cc(OC)cc(OC)c2)s1. The van der Waals surface area contributed by atoms with Crippen LogP contribution in [-0.4, -0.2) is 21.3 Å². The quantitative estimate of drug-likeness (QED) is 0.881. The molecule has 0 bridgehead atoms. The highest BCUT2D eigenvalue weighted by molar-refractivity contribution is 7.12. The smallest absolute Gasteiger partial charge is 0.122 e. The first-order valence-electron chi connectivity index (χ1n) is 6.70. The van der Waals surface area contributed by atoms with Crippen molar-refractivity contribution >= 4 is 11.3 Å². The molecule has 2 rings (SSSR count). The Morgan fingerprint density at radius 1 is 1.10 bits per heavy atom. The summed E-state index contributed by atoms with van der Waals surface area (Å²) in [7, 11) is 5.32. The van der Waals surface area contributed by atoms with E-state index in [0.717, 1.165) is 23.5 Å².